The summed E-state index contributed by atoms with van der Waals surface area (Å²) >= 11 is 3.23. The maximum Gasteiger partial charge on any atom is 0.277 e. The average molecular weight is 429 g/mol. The number of benzene rings is 3. The van der Waals surface area contributed by atoms with Crippen LogP contribution in [0.1, 0.15) is 5.56 Å². The molecule has 27 heavy (non-hydrogen) atoms. The first-order chi connectivity index (χ1) is 13.1. The van der Waals surface area contributed by atoms with Crippen molar-refractivity contribution in [3.05, 3.63) is 64.6 Å². The zero-order valence-electron chi connectivity index (χ0n) is 14.5. The molecule has 3 aromatic carbocycles. The molecule has 0 radical (unpaired) electrons. The summed E-state index contributed by atoms with van der Waals surface area (Å²) in [4.78, 5) is 11.9. The van der Waals surface area contributed by atoms with E-state index in [1.165, 1.54) is 13.3 Å². The van der Waals surface area contributed by atoms with Crippen LogP contribution >= 0.6 is 15.9 Å². The van der Waals surface area contributed by atoms with E-state index in [9.17, 15) is 9.90 Å². The molecule has 1 amide bonds. The van der Waals surface area contributed by atoms with Crippen LogP contribution < -0.4 is 14.9 Å². The van der Waals surface area contributed by atoms with Gasteiger partial charge < -0.3 is 14.6 Å². The van der Waals surface area contributed by atoms with E-state index in [0.29, 0.717) is 21.5 Å². The molecule has 0 heterocycles. The number of hydrogen-bond donors (Lipinski definition) is 2. The Balaban J connectivity index is 1.56. The summed E-state index contributed by atoms with van der Waals surface area (Å²) in [5, 5.41) is 15.8. The van der Waals surface area contributed by atoms with E-state index in [-0.39, 0.29) is 18.3 Å². The van der Waals surface area contributed by atoms with E-state index in [2.05, 4.69) is 26.5 Å². The van der Waals surface area contributed by atoms with Crippen LogP contribution in [0.4, 0.5) is 0 Å². The summed E-state index contributed by atoms with van der Waals surface area (Å²) in [6.45, 7) is -0.154. The number of phenolic OH excluding ortho intramolecular Hbond substituents is 1. The predicted octanol–water partition coefficient (Wildman–Crippen LogP) is 3.85. The monoisotopic (exact) mass is 428 g/mol. The number of rotatable bonds is 6. The number of fused-ring (bicyclic) bond motifs is 1. The Labute approximate surface area is 164 Å². The van der Waals surface area contributed by atoms with Crippen molar-refractivity contribution in [3.63, 3.8) is 0 Å². The maximum absolute atomic E-state index is 11.9. The third-order valence-corrected chi connectivity index (χ3v) is 4.37. The van der Waals surface area contributed by atoms with Crippen LogP contribution in [0.15, 0.2) is 64.2 Å². The van der Waals surface area contributed by atoms with Crippen LogP contribution in [0.5, 0.6) is 17.2 Å². The van der Waals surface area contributed by atoms with Gasteiger partial charge in [0.05, 0.1) is 17.8 Å². The number of ether oxygens (including phenoxy) is 2. The number of hydrogen-bond acceptors (Lipinski definition) is 5. The van der Waals surface area contributed by atoms with Gasteiger partial charge in [0.1, 0.15) is 5.75 Å². The summed E-state index contributed by atoms with van der Waals surface area (Å²) in [5.74, 6) is 0.531. The second kappa shape index (κ2) is 8.55. The Morgan fingerprint density at radius 2 is 1.96 bits per heavy atom. The Kier molecular flexibility index (Phi) is 5.93. The highest BCUT2D eigenvalue weighted by molar-refractivity contribution is 9.10. The number of amides is 1. The fourth-order valence-electron chi connectivity index (χ4n) is 2.44. The molecule has 3 rings (SSSR count). The van der Waals surface area contributed by atoms with Crippen molar-refractivity contribution < 1.29 is 19.4 Å². The van der Waals surface area contributed by atoms with E-state index in [0.717, 1.165) is 10.8 Å². The minimum Gasteiger partial charge on any atom is -0.503 e. The standard InChI is InChI=1S/C20H17BrN2O4/c1-26-18-9-13(8-17(21)20(18)25)11-22-23-19(24)12-27-16-7-6-14-4-2-3-5-15(14)10-16/h2-11,25H,12H2,1H3,(H,23,24)/b22-11+. The second-order valence-electron chi connectivity index (χ2n) is 5.64. The number of methoxy groups -OCH3 is 1. The van der Waals surface area contributed by atoms with Crippen LogP contribution in [0.25, 0.3) is 10.8 Å². The van der Waals surface area contributed by atoms with Gasteiger partial charge in [-0.15, -0.1) is 0 Å². The third-order valence-electron chi connectivity index (χ3n) is 3.76. The number of phenols is 1. The molecule has 0 aliphatic carbocycles. The van der Waals surface area contributed by atoms with Gasteiger partial charge in [-0.2, -0.15) is 5.10 Å². The quantitative estimate of drug-likeness (QED) is 0.461. The third kappa shape index (κ3) is 4.77. The number of nitrogens with one attached hydrogen (secondary N) is 1. The summed E-state index contributed by atoms with van der Waals surface area (Å²) < 4.78 is 11.0. The normalized spacial score (nSPS) is 10.9. The SMILES string of the molecule is COc1cc(/C=N/NC(=O)COc2ccc3ccccc3c2)cc(Br)c1O. The molecule has 6 nitrogen and oxygen atoms in total. The van der Waals surface area contributed by atoms with Crippen molar-refractivity contribution in [1.82, 2.24) is 5.43 Å². The van der Waals surface area contributed by atoms with Gasteiger partial charge in [0.25, 0.3) is 5.91 Å². The van der Waals surface area contributed by atoms with Crippen molar-refractivity contribution in [1.29, 1.82) is 0 Å². The maximum atomic E-state index is 11.9. The molecular weight excluding hydrogens is 412 g/mol. The van der Waals surface area contributed by atoms with Crippen LogP contribution in [0.2, 0.25) is 0 Å². The van der Waals surface area contributed by atoms with Gasteiger partial charge in [-0.05, 0) is 56.5 Å². The highest BCUT2D eigenvalue weighted by atomic mass is 79.9. The highest BCUT2D eigenvalue weighted by Crippen LogP contribution is 2.34. The summed E-state index contributed by atoms with van der Waals surface area (Å²) in [7, 11) is 1.45. The molecule has 0 bridgehead atoms. The average Bonchev–Trinajstić information content (AvgIpc) is 2.68. The second-order valence-corrected chi connectivity index (χ2v) is 6.50. The minimum absolute atomic E-state index is 0.00229. The van der Waals surface area contributed by atoms with Gasteiger partial charge in [-0.3, -0.25) is 4.79 Å². The first-order valence-electron chi connectivity index (χ1n) is 8.07. The van der Waals surface area contributed by atoms with Crippen molar-refractivity contribution >= 4 is 38.8 Å². The zero-order chi connectivity index (χ0) is 19.2. The molecule has 0 aliphatic rings. The topological polar surface area (TPSA) is 80.2 Å². The molecule has 0 aromatic heterocycles. The fourth-order valence-corrected chi connectivity index (χ4v) is 2.90. The lowest BCUT2D eigenvalue weighted by Crippen LogP contribution is -2.24. The first kappa shape index (κ1) is 18.7. The van der Waals surface area contributed by atoms with Gasteiger partial charge in [0.2, 0.25) is 0 Å². The molecule has 7 heteroatoms. The molecule has 0 atom stereocenters. The van der Waals surface area contributed by atoms with Crippen molar-refractivity contribution in [2.45, 2.75) is 0 Å². The smallest absolute Gasteiger partial charge is 0.277 e. The van der Waals surface area contributed by atoms with E-state index in [1.807, 2.05) is 42.5 Å². The molecule has 0 saturated heterocycles. The lowest BCUT2D eigenvalue weighted by molar-refractivity contribution is -0.123. The number of nitrogens with zero attached hydrogens (tertiary/aromatic N) is 1. The Bertz CT molecular complexity index is 1000. The Hall–Kier alpha value is -3.06. The van der Waals surface area contributed by atoms with Crippen molar-refractivity contribution in [2.24, 2.45) is 5.10 Å². The molecule has 0 saturated carbocycles. The predicted molar refractivity (Wildman–Crippen MR) is 108 cm³/mol. The van der Waals surface area contributed by atoms with Crippen LogP contribution in [-0.2, 0) is 4.79 Å². The largest absolute Gasteiger partial charge is 0.503 e. The highest BCUT2D eigenvalue weighted by Gasteiger charge is 2.08. The van der Waals surface area contributed by atoms with Gasteiger partial charge in [-0.25, -0.2) is 5.43 Å². The summed E-state index contributed by atoms with van der Waals surface area (Å²) in [5.41, 5.74) is 3.04. The Morgan fingerprint density at radius 3 is 2.74 bits per heavy atom. The summed E-state index contributed by atoms with van der Waals surface area (Å²) in [6.07, 6.45) is 1.45. The van der Waals surface area contributed by atoms with E-state index in [1.54, 1.807) is 12.1 Å². The number of halogens is 1. The van der Waals surface area contributed by atoms with Crippen molar-refractivity contribution in [3.8, 4) is 17.2 Å². The van der Waals surface area contributed by atoms with Crippen LogP contribution in [-0.4, -0.2) is 30.9 Å². The van der Waals surface area contributed by atoms with Gasteiger partial charge >= 0.3 is 0 Å². The number of aromatic hydroxyl groups is 1. The summed E-state index contributed by atoms with van der Waals surface area (Å²) in [6, 6.07) is 16.8. The van der Waals surface area contributed by atoms with Gasteiger partial charge in [-0.1, -0.05) is 30.3 Å². The van der Waals surface area contributed by atoms with Gasteiger partial charge in [0, 0.05) is 0 Å². The zero-order valence-corrected chi connectivity index (χ0v) is 16.1. The lowest BCUT2D eigenvalue weighted by Gasteiger charge is -2.07. The molecule has 2 N–H and O–H groups in total. The molecule has 138 valence electrons. The molecule has 0 aliphatic heterocycles. The fraction of sp³-hybridized carbons (Fsp3) is 0.100. The minimum atomic E-state index is -0.385. The van der Waals surface area contributed by atoms with Crippen molar-refractivity contribution in [2.75, 3.05) is 13.7 Å². The van der Waals surface area contributed by atoms with Crippen LogP contribution in [0, 0.1) is 0 Å². The molecule has 0 spiro atoms. The molecule has 3 aromatic rings. The van der Waals surface area contributed by atoms with E-state index in [4.69, 9.17) is 9.47 Å². The Morgan fingerprint density at radius 1 is 1.19 bits per heavy atom. The lowest BCUT2D eigenvalue weighted by atomic mass is 10.1. The molecule has 0 unspecified atom stereocenters. The van der Waals surface area contributed by atoms with Gasteiger partial charge in [0.15, 0.2) is 18.1 Å². The van der Waals surface area contributed by atoms with E-state index >= 15 is 0 Å². The molecular formula is C20H17BrN2O4. The van der Waals surface area contributed by atoms with E-state index < -0.39 is 0 Å². The first-order valence-corrected chi connectivity index (χ1v) is 8.86. The molecule has 0 fully saturated rings. The number of carbonyl (C=O) groups is 1. The number of hydrazone groups is 1. The van der Waals surface area contributed by atoms with Crippen LogP contribution in [0.3, 0.4) is 0 Å². The number of carbonyl (C=O) groups excluding carboxylic acids is 1.